The van der Waals surface area contributed by atoms with E-state index in [4.69, 9.17) is 0 Å². The summed E-state index contributed by atoms with van der Waals surface area (Å²) in [6.45, 7) is 17.1. The van der Waals surface area contributed by atoms with Gasteiger partial charge < -0.3 is 15.3 Å². The monoisotopic (exact) mass is 460 g/mol. The van der Waals surface area contributed by atoms with E-state index in [0.717, 1.165) is 25.7 Å². The molecule has 0 aromatic heterocycles. The Hall–Kier alpha value is -0.120. The lowest BCUT2D eigenvalue weighted by molar-refractivity contribution is -0.269. The third-order valence-corrected chi connectivity index (χ3v) is 14.2. The van der Waals surface area contributed by atoms with Crippen LogP contribution >= 0.6 is 0 Å². The van der Waals surface area contributed by atoms with Gasteiger partial charge in [-0.3, -0.25) is 0 Å². The summed E-state index contributed by atoms with van der Waals surface area (Å²) in [6, 6.07) is 0. The van der Waals surface area contributed by atoms with Crippen molar-refractivity contribution in [3.8, 4) is 0 Å². The van der Waals surface area contributed by atoms with Gasteiger partial charge in [-0.05, 0) is 128 Å². The fraction of sp³-hybridized carbons (Fsp3) is 1.00. The maximum atomic E-state index is 11.3. The molecule has 0 aromatic rings. The molecule has 3 heteroatoms. The van der Waals surface area contributed by atoms with Crippen molar-refractivity contribution >= 4 is 0 Å². The summed E-state index contributed by atoms with van der Waals surface area (Å²) < 4.78 is 0. The van der Waals surface area contributed by atoms with Crippen LogP contribution in [0.5, 0.6) is 0 Å². The number of aliphatic hydroxyl groups excluding tert-OH is 2. The van der Waals surface area contributed by atoms with E-state index < -0.39 is 5.60 Å². The number of hydrogen-bond acceptors (Lipinski definition) is 3. The van der Waals surface area contributed by atoms with Gasteiger partial charge in [-0.15, -0.1) is 0 Å². The number of fused-ring (bicyclic) bond motifs is 7. The van der Waals surface area contributed by atoms with Crippen LogP contribution in [0.4, 0.5) is 0 Å². The molecule has 0 amide bonds. The molecule has 5 saturated carbocycles. The molecule has 0 saturated heterocycles. The first-order valence-electron chi connectivity index (χ1n) is 14.2. The molecular weight excluding hydrogens is 408 g/mol. The Morgan fingerprint density at radius 3 is 2.06 bits per heavy atom. The molecule has 3 nitrogen and oxygen atoms in total. The zero-order valence-electron chi connectivity index (χ0n) is 22.6. The smallest absolute Gasteiger partial charge is 0.0648 e. The molecule has 0 heterocycles. The Kier molecular flexibility index (Phi) is 5.38. The van der Waals surface area contributed by atoms with Crippen LogP contribution in [-0.2, 0) is 0 Å². The third kappa shape index (κ3) is 2.91. The van der Waals surface area contributed by atoms with Gasteiger partial charge in [0, 0.05) is 6.61 Å². The van der Waals surface area contributed by atoms with Crippen molar-refractivity contribution in [3.63, 3.8) is 0 Å². The quantitative estimate of drug-likeness (QED) is 0.437. The molecule has 5 rings (SSSR count). The van der Waals surface area contributed by atoms with Gasteiger partial charge in [0.15, 0.2) is 0 Å². The zero-order chi connectivity index (χ0) is 24.2. The van der Waals surface area contributed by atoms with Crippen molar-refractivity contribution in [2.45, 2.75) is 124 Å². The molecule has 3 N–H and O–H groups in total. The first-order valence-corrected chi connectivity index (χ1v) is 14.2. The lowest BCUT2D eigenvalue weighted by atomic mass is 9.31. The van der Waals surface area contributed by atoms with Crippen molar-refractivity contribution in [2.75, 3.05) is 6.61 Å². The number of rotatable bonds is 1. The van der Waals surface area contributed by atoms with Crippen molar-refractivity contribution in [2.24, 2.45) is 56.7 Å². The van der Waals surface area contributed by atoms with E-state index >= 15 is 0 Å². The molecule has 0 aliphatic heterocycles. The lowest BCUT2D eigenvalue weighted by Gasteiger charge is -2.74. The summed E-state index contributed by atoms with van der Waals surface area (Å²) >= 11 is 0. The van der Waals surface area contributed by atoms with Gasteiger partial charge in [0.25, 0.3) is 0 Å². The van der Waals surface area contributed by atoms with Crippen LogP contribution in [-0.4, -0.2) is 33.6 Å². The van der Waals surface area contributed by atoms with Gasteiger partial charge in [0.2, 0.25) is 0 Å². The van der Waals surface area contributed by atoms with Crippen LogP contribution in [0.3, 0.4) is 0 Å². The summed E-state index contributed by atoms with van der Waals surface area (Å²) in [5.74, 6) is 2.54. The van der Waals surface area contributed by atoms with E-state index in [1.165, 1.54) is 38.5 Å². The van der Waals surface area contributed by atoms with Crippen molar-refractivity contribution < 1.29 is 15.3 Å². The van der Waals surface area contributed by atoms with E-state index in [9.17, 15) is 15.3 Å². The highest BCUT2D eigenvalue weighted by molar-refractivity contribution is 5.19. The summed E-state index contributed by atoms with van der Waals surface area (Å²) in [4.78, 5) is 0. The van der Waals surface area contributed by atoms with Gasteiger partial charge in [-0.25, -0.2) is 0 Å². The predicted molar refractivity (Wildman–Crippen MR) is 134 cm³/mol. The van der Waals surface area contributed by atoms with Crippen molar-refractivity contribution in [1.29, 1.82) is 0 Å². The highest BCUT2D eigenvalue weighted by Gasteiger charge is 2.70. The van der Waals surface area contributed by atoms with Gasteiger partial charge in [0.1, 0.15) is 0 Å². The largest absolute Gasteiger partial charge is 0.396 e. The average Bonchev–Trinajstić information content (AvgIpc) is 2.74. The Bertz CT molecular complexity index is 789. The molecule has 5 aliphatic carbocycles. The predicted octanol–water partition coefficient (Wildman–Crippen LogP) is 6.19. The van der Waals surface area contributed by atoms with Crippen LogP contribution in [0, 0.1) is 56.7 Å². The highest BCUT2D eigenvalue weighted by Crippen LogP contribution is 2.77. The van der Waals surface area contributed by atoms with E-state index in [0.29, 0.717) is 34.5 Å². The Balaban J connectivity index is 1.55. The fourth-order valence-corrected chi connectivity index (χ4v) is 11.7. The normalized spacial score (nSPS) is 60.2. The second-order valence-corrected chi connectivity index (χ2v) is 15.2. The minimum absolute atomic E-state index is 0.00127. The zero-order valence-corrected chi connectivity index (χ0v) is 22.6. The van der Waals surface area contributed by atoms with Crippen LogP contribution in [0.1, 0.15) is 113 Å². The summed E-state index contributed by atoms with van der Waals surface area (Å²) in [6.07, 6.45) is 11.1. The molecular formula is C30H52O3. The van der Waals surface area contributed by atoms with Gasteiger partial charge in [-0.1, -0.05) is 41.5 Å². The molecule has 33 heavy (non-hydrogen) atoms. The molecule has 11 atom stereocenters. The molecule has 0 spiro atoms. The SMILES string of the molecule is C[C@H]1[C@@H]2[C@H]3CC[C@@H]4[C@@]5(C)CC[C@H](O)C(C)(C)[C@@H]5CC[C@@]4(C)[C@]3(C)CC[C@@]2(CO)CC[C@]1(C)O. The number of aliphatic hydroxyl groups is 3. The molecule has 5 aliphatic rings. The Morgan fingerprint density at radius 2 is 1.39 bits per heavy atom. The van der Waals surface area contributed by atoms with E-state index in [1.807, 2.05) is 0 Å². The molecule has 190 valence electrons. The molecule has 0 aromatic carbocycles. The summed E-state index contributed by atoms with van der Waals surface area (Å²) in [7, 11) is 0. The summed E-state index contributed by atoms with van der Waals surface area (Å²) in [5.41, 5.74) is 0.249. The molecule has 0 radical (unpaired) electrons. The average molecular weight is 461 g/mol. The molecule has 5 fully saturated rings. The Labute approximate surface area is 203 Å². The third-order valence-electron chi connectivity index (χ3n) is 14.2. The fourth-order valence-electron chi connectivity index (χ4n) is 11.7. The van der Waals surface area contributed by atoms with Crippen LogP contribution in [0.2, 0.25) is 0 Å². The van der Waals surface area contributed by atoms with Crippen molar-refractivity contribution in [3.05, 3.63) is 0 Å². The van der Waals surface area contributed by atoms with Crippen molar-refractivity contribution in [1.82, 2.24) is 0 Å². The van der Waals surface area contributed by atoms with E-state index in [2.05, 4.69) is 48.5 Å². The van der Waals surface area contributed by atoms with E-state index in [1.54, 1.807) is 0 Å². The first-order chi connectivity index (χ1) is 15.2. The topological polar surface area (TPSA) is 60.7 Å². The molecule has 0 unspecified atom stereocenters. The van der Waals surface area contributed by atoms with Crippen LogP contribution in [0.25, 0.3) is 0 Å². The van der Waals surface area contributed by atoms with Gasteiger partial charge >= 0.3 is 0 Å². The lowest BCUT2D eigenvalue weighted by Crippen LogP contribution is -2.68. The molecule has 0 bridgehead atoms. The highest BCUT2D eigenvalue weighted by atomic mass is 16.3. The Morgan fingerprint density at radius 1 is 0.727 bits per heavy atom. The van der Waals surface area contributed by atoms with Crippen LogP contribution < -0.4 is 0 Å². The summed E-state index contributed by atoms with van der Waals surface area (Å²) in [5, 5.41) is 32.9. The van der Waals surface area contributed by atoms with Gasteiger partial charge in [0.05, 0.1) is 11.7 Å². The van der Waals surface area contributed by atoms with Crippen LogP contribution in [0.15, 0.2) is 0 Å². The maximum absolute atomic E-state index is 11.3. The van der Waals surface area contributed by atoms with E-state index in [-0.39, 0.29) is 34.9 Å². The first kappa shape index (κ1) is 24.6. The minimum Gasteiger partial charge on any atom is -0.396 e. The standard InChI is InChI=1S/C30H52O3/c1-19-24-20-8-9-22-26(4)12-11-23(32)25(2,3)21(26)10-13-28(22,6)27(20,5)14-16-30(24,18-31)17-15-29(19,7)33/h19-24,31-33H,8-18H2,1-7H3/t19-,20+,21-,22+,23-,24+,26-,27+,28+,29-,30-/m0/s1. The second kappa shape index (κ2) is 7.22. The maximum Gasteiger partial charge on any atom is 0.0648 e. The second-order valence-electron chi connectivity index (χ2n) is 15.2. The van der Waals surface area contributed by atoms with Gasteiger partial charge in [-0.2, -0.15) is 0 Å². The number of hydrogen-bond donors (Lipinski definition) is 3. The minimum atomic E-state index is -0.619.